The van der Waals surface area contributed by atoms with Gasteiger partial charge in [0.25, 0.3) is 0 Å². The maximum atomic E-state index is 12.2. The number of hydrogen-bond donors (Lipinski definition) is 0. The van der Waals surface area contributed by atoms with Gasteiger partial charge in [-0.3, -0.25) is 4.90 Å². The molecule has 1 fully saturated rings. The van der Waals surface area contributed by atoms with Crippen molar-refractivity contribution in [2.75, 3.05) is 20.3 Å². The third kappa shape index (κ3) is 3.98. The van der Waals surface area contributed by atoms with Gasteiger partial charge >= 0.3 is 12.1 Å². The van der Waals surface area contributed by atoms with E-state index in [1.165, 1.54) is 4.90 Å². The standard InChI is InChI=1S/C16H21NO5/c1-3-21-15(18)14-9-13(20-2)10-17(14)16(19)22-11-12-7-5-4-6-8-12/h4-8,13-14H,3,9-11H2,1-2H3/t13-,14-/m1/s1. The highest BCUT2D eigenvalue weighted by Gasteiger charge is 2.41. The Morgan fingerprint density at radius 2 is 1.95 bits per heavy atom. The molecule has 0 aliphatic carbocycles. The summed E-state index contributed by atoms with van der Waals surface area (Å²) in [5, 5.41) is 0. The van der Waals surface area contributed by atoms with Crippen LogP contribution in [0.5, 0.6) is 0 Å². The highest BCUT2D eigenvalue weighted by Crippen LogP contribution is 2.22. The lowest BCUT2D eigenvalue weighted by molar-refractivity contribution is -0.148. The number of methoxy groups -OCH3 is 1. The fraction of sp³-hybridized carbons (Fsp3) is 0.500. The summed E-state index contributed by atoms with van der Waals surface area (Å²) in [7, 11) is 1.56. The van der Waals surface area contributed by atoms with Crippen LogP contribution in [0.15, 0.2) is 30.3 Å². The molecule has 1 saturated heterocycles. The zero-order valence-electron chi connectivity index (χ0n) is 12.9. The number of esters is 1. The molecule has 0 N–H and O–H groups in total. The molecule has 2 atom stereocenters. The number of carbonyl (C=O) groups excluding carboxylic acids is 2. The van der Waals surface area contributed by atoms with E-state index in [1.807, 2.05) is 30.3 Å². The summed E-state index contributed by atoms with van der Waals surface area (Å²) in [6, 6.07) is 8.75. The van der Waals surface area contributed by atoms with E-state index < -0.39 is 18.1 Å². The molecule has 1 heterocycles. The number of amides is 1. The first kappa shape index (κ1) is 16.3. The number of ether oxygens (including phenoxy) is 3. The Kier molecular flexibility index (Phi) is 5.77. The first-order chi connectivity index (χ1) is 10.7. The lowest BCUT2D eigenvalue weighted by Crippen LogP contribution is -2.41. The molecule has 0 unspecified atom stereocenters. The largest absolute Gasteiger partial charge is 0.464 e. The fourth-order valence-corrected chi connectivity index (χ4v) is 2.43. The molecular weight excluding hydrogens is 286 g/mol. The topological polar surface area (TPSA) is 65.1 Å². The monoisotopic (exact) mass is 307 g/mol. The third-order valence-electron chi connectivity index (χ3n) is 3.59. The maximum absolute atomic E-state index is 12.2. The minimum Gasteiger partial charge on any atom is -0.464 e. The third-order valence-corrected chi connectivity index (χ3v) is 3.59. The molecule has 0 bridgehead atoms. The summed E-state index contributed by atoms with van der Waals surface area (Å²) in [6.07, 6.45) is -0.282. The number of hydrogen-bond acceptors (Lipinski definition) is 5. The fourth-order valence-electron chi connectivity index (χ4n) is 2.43. The highest BCUT2D eigenvalue weighted by atomic mass is 16.6. The van der Waals surface area contributed by atoms with Gasteiger partial charge in [0.2, 0.25) is 0 Å². The second-order valence-electron chi connectivity index (χ2n) is 5.05. The molecule has 0 aromatic heterocycles. The van der Waals surface area contributed by atoms with Crippen LogP contribution in [0.25, 0.3) is 0 Å². The Balaban J connectivity index is 1.97. The van der Waals surface area contributed by atoms with Crippen LogP contribution in [-0.2, 0) is 25.6 Å². The molecule has 1 aliphatic rings. The average Bonchev–Trinajstić information content (AvgIpc) is 2.98. The van der Waals surface area contributed by atoms with E-state index in [0.717, 1.165) is 5.56 Å². The van der Waals surface area contributed by atoms with E-state index >= 15 is 0 Å². The minimum atomic E-state index is -0.645. The molecule has 6 heteroatoms. The van der Waals surface area contributed by atoms with Crippen molar-refractivity contribution in [1.82, 2.24) is 4.90 Å². The van der Waals surface area contributed by atoms with Crippen molar-refractivity contribution in [3.05, 3.63) is 35.9 Å². The summed E-state index contributed by atoms with van der Waals surface area (Å²) in [6.45, 7) is 2.51. The van der Waals surface area contributed by atoms with Crippen LogP contribution in [0.2, 0.25) is 0 Å². The summed E-state index contributed by atoms with van der Waals surface area (Å²) in [4.78, 5) is 25.6. The van der Waals surface area contributed by atoms with E-state index in [1.54, 1.807) is 14.0 Å². The van der Waals surface area contributed by atoms with Crippen molar-refractivity contribution in [2.24, 2.45) is 0 Å². The molecule has 0 spiro atoms. The second kappa shape index (κ2) is 7.79. The van der Waals surface area contributed by atoms with E-state index in [9.17, 15) is 9.59 Å². The van der Waals surface area contributed by atoms with Crippen LogP contribution < -0.4 is 0 Å². The molecule has 22 heavy (non-hydrogen) atoms. The molecule has 120 valence electrons. The SMILES string of the molecule is CCOC(=O)[C@H]1C[C@@H](OC)CN1C(=O)OCc1ccccc1. The van der Waals surface area contributed by atoms with Crippen LogP contribution in [0.3, 0.4) is 0 Å². The quantitative estimate of drug-likeness (QED) is 0.778. The van der Waals surface area contributed by atoms with Crippen LogP contribution in [0.4, 0.5) is 4.79 Å². The number of carbonyl (C=O) groups is 2. The van der Waals surface area contributed by atoms with Crippen LogP contribution in [0.1, 0.15) is 18.9 Å². The zero-order chi connectivity index (χ0) is 15.9. The molecule has 0 radical (unpaired) electrons. The van der Waals surface area contributed by atoms with Crippen LogP contribution in [0, 0.1) is 0 Å². The Hall–Kier alpha value is -2.08. The highest BCUT2D eigenvalue weighted by molar-refractivity contribution is 5.82. The van der Waals surface area contributed by atoms with Gasteiger partial charge < -0.3 is 14.2 Å². The predicted molar refractivity (Wildman–Crippen MR) is 79.2 cm³/mol. The lowest BCUT2D eigenvalue weighted by Gasteiger charge is -2.22. The zero-order valence-corrected chi connectivity index (χ0v) is 12.9. The van der Waals surface area contributed by atoms with Gasteiger partial charge in [0.15, 0.2) is 0 Å². The number of benzene rings is 1. The number of nitrogens with zero attached hydrogens (tertiary/aromatic N) is 1. The van der Waals surface area contributed by atoms with Crippen molar-refractivity contribution >= 4 is 12.1 Å². The van der Waals surface area contributed by atoms with Gasteiger partial charge in [-0.25, -0.2) is 9.59 Å². The lowest BCUT2D eigenvalue weighted by atomic mass is 10.2. The molecule has 2 rings (SSSR count). The van der Waals surface area contributed by atoms with Crippen molar-refractivity contribution in [3.8, 4) is 0 Å². The van der Waals surface area contributed by atoms with Gasteiger partial charge in [0.05, 0.1) is 19.3 Å². The smallest absolute Gasteiger partial charge is 0.410 e. The van der Waals surface area contributed by atoms with Gasteiger partial charge in [0.1, 0.15) is 12.6 Å². The van der Waals surface area contributed by atoms with Gasteiger partial charge in [0, 0.05) is 13.5 Å². The van der Waals surface area contributed by atoms with E-state index in [2.05, 4.69) is 0 Å². The molecular formula is C16H21NO5. The van der Waals surface area contributed by atoms with Crippen molar-refractivity contribution in [3.63, 3.8) is 0 Å². The van der Waals surface area contributed by atoms with Gasteiger partial charge in [-0.05, 0) is 12.5 Å². The summed E-state index contributed by atoms with van der Waals surface area (Å²) in [5.74, 6) is -0.418. The van der Waals surface area contributed by atoms with Gasteiger partial charge in [-0.1, -0.05) is 30.3 Å². The van der Waals surface area contributed by atoms with E-state index in [4.69, 9.17) is 14.2 Å². The predicted octanol–water partition coefficient (Wildman–Crippen LogP) is 1.98. The van der Waals surface area contributed by atoms with Crippen molar-refractivity contribution in [1.29, 1.82) is 0 Å². The summed E-state index contributed by atoms with van der Waals surface area (Å²) < 4.78 is 15.6. The molecule has 1 amide bonds. The molecule has 0 saturated carbocycles. The Morgan fingerprint density at radius 1 is 1.23 bits per heavy atom. The van der Waals surface area contributed by atoms with Gasteiger partial charge in [-0.15, -0.1) is 0 Å². The molecule has 1 aromatic carbocycles. The number of rotatable bonds is 5. The van der Waals surface area contributed by atoms with Gasteiger partial charge in [-0.2, -0.15) is 0 Å². The summed E-state index contributed by atoms with van der Waals surface area (Å²) in [5.41, 5.74) is 0.894. The second-order valence-corrected chi connectivity index (χ2v) is 5.05. The maximum Gasteiger partial charge on any atom is 0.410 e. The summed E-state index contributed by atoms with van der Waals surface area (Å²) >= 11 is 0. The van der Waals surface area contributed by atoms with Crippen LogP contribution in [-0.4, -0.2) is 49.4 Å². The minimum absolute atomic E-state index is 0.170. The average molecular weight is 307 g/mol. The van der Waals surface area contributed by atoms with Crippen molar-refractivity contribution in [2.45, 2.75) is 32.1 Å². The Bertz CT molecular complexity index is 505. The molecule has 1 aromatic rings. The Morgan fingerprint density at radius 3 is 2.59 bits per heavy atom. The first-order valence-electron chi connectivity index (χ1n) is 7.32. The molecule has 6 nitrogen and oxygen atoms in total. The number of likely N-dealkylation sites (tertiary alicyclic amines) is 1. The van der Waals surface area contributed by atoms with E-state index in [-0.39, 0.29) is 19.3 Å². The normalized spacial score (nSPS) is 20.7. The Labute approximate surface area is 129 Å². The van der Waals surface area contributed by atoms with Crippen molar-refractivity contribution < 1.29 is 23.8 Å². The van der Waals surface area contributed by atoms with E-state index in [0.29, 0.717) is 13.0 Å². The van der Waals surface area contributed by atoms with Crippen LogP contribution >= 0.6 is 0 Å². The first-order valence-corrected chi connectivity index (χ1v) is 7.32. The molecule has 1 aliphatic heterocycles.